The van der Waals surface area contributed by atoms with Crippen molar-refractivity contribution in [3.05, 3.63) is 28.8 Å². The Morgan fingerprint density at radius 3 is 2.78 bits per heavy atom. The first-order valence-corrected chi connectivity index (χ1v) is 7.73. The molecule has 0 spiro atoms. The van der Waals surface area contributed by atoms with Gasteiger partial charge in [-0.15, -0.1) is 11.3 Å². The molecule has 2 fully saturated rings. The molecule has 0 unspecified atom stereocenters. The van der Waals surface area contributed by atoms with E-state index in [-0.39, 0.29) is 5.41 Å². The van der Waals surface area contributed by atoms with Crippen molar-refractivity contribution in [3.63, 3.8) is 0 Å². The van der Waals surface area contributed by atoms with Crippen LogP contribution in [0.15, 0.2) is 18.2 Å². The van der Waals surface area contributed by atoms with E-state index in [9.17, 15) is 0 Å². The first kappa shape index (κ1) is 10.9. The summed E-state index contributed by atoms with van der Waals surface area (Å²) in [6.45, 7) is 0.785. The standard InChI is InChI=1S/C15H18N2S/c16-9-15(6-1-7-15)11-4-5-12-13(8-11)18-14(17-12)10-2-3-10/h4-5,8,10H,1-3,6-7,9,16H2. The van der Waals surface area contributed by atoms with E-state index in [4.69, 9.17) is 10.7 Å². The van der Waals surface area contributed by atoms with Crippen molar-refractivity contribution in [2.24, 2.45) is 5.73 Å². The predicted molar refractivity (Wildman–Crippen MR) is 76.2 cm³/mol. The van der Waals surface area contributed by atoms with Gasteiger partial charge in [0.15, 0.2) is 0 Å². The van der Waals surface area contributed by atoms with E-state index in [0.29, 0.717) is 0 Å². The van der Waals surface area contributed by atoms with Crippen LogP contribution < -0.4 is 5.73 Å². The summed E-state index contributed by atoms with van der Waals surface area (Å²) < 4.78 is 1.36. The summed E-state index contributed by atoms with van der Waals surface area (Å²) in [5.41, 5.74) is 8.89. The summed E-state index contributed by atoms with van der Waals surface area (Å²) in [5.74, 6) is 0.762. The molecule has 18 heavy (non-hydrogen) atoms. The van der Waals surface area contributed by atoms with Gasteiger partial charge < -0.3 is 5.73 Å². The molecule has 0 aliphatic heterocycles. The van der Waals surface area contributed by atoms with Gasteiger partial charge >= 0.3 is 0 Å². The van der Waals surface area contributed by atoms with Crippen LogP contribution in [0.25, 0.3) is 10.2 Å². The maximum Gasteiger partial charge on any atom is 0.0969 e. The number of thiazole rings is 1. The van der Waals surface area contributed by atoms with Crippen LogP contribution >= 0.6 is 11.3 Å². The third kappa shape index (κ3) is 1.54. The highest BCUT2D eigenvalue weighted by molar-refractivity contribution is 7.18. The smallest absolute Gasteiger partial charge is 0.0969 e. The molecule has 4 rings (SSSR count). The Labute approximate surface area is 111 Å². The molecule has 3 heteroatoms. The Morgan fingerprint density at radius 1 is 1.33 bits per heavy atom. The molecule has 2 aliphatic rings. The normalized spacial score (nSPS) is 22.1. The van der Waals surface area contributed by atoms with Crippen molar-refractivity contribution in [1.29, 1.82) is 0 Å². The number of hydrogen-bond acceptors (Lipinski definition) is 3. The summed E-state index contributed by atoms with van der Waals surface area (Å²) in [4.78, 5) is 4.75. The van der Waals surface area contributed by atoms with Crippen LogP contribution in [0.5, 0.6) is 0 Å². The van der Waals surface area contributed by atoms with Gasteiger partial charge in [0, 0.05) is 17.9 Å². The van der Waals surface area contributed by atoms with Crippen molar-refractivity contribution in [1.82, 2.24) is 4.98 Å². The van der Waals surface area contributed by atoms with Gasteiger partial charge in [0.1, 0.15) is 0 Å². The molecule has 94 valence electrons. The van der Waals surface area contributed by atoms with Crippen LogP contribution in [0.3, 0.4) is 0 Å². The second-order valence-electron chi connectivity index (χ2n) is 5.85. The minimum atomic E-state index is 0.276. The molecule has 2 nitrogen and oxygen atoms in total. The molecule has 0 amide bonds. The van der Waals surface area contributed by atoms with Crippen molar-refractivity contribution in [3.8, 4) is 0 Å². The Bertz CT molecular complexity index is 588. The quantitative estimate of drug-likeness (QED) is 0.914. The number of fused-ring (bicyclic) bond motifs is 1. The second-order valence-corrected chi connectivity index (χ2v) is 6.91. The largest absolute Gasteiger partial charge is 0.330 e. The van der Waals surface area contributed by atoms with Gasteiger partial charge in [-0.25, -0.2) is 4.98 Å². The van der Waals surface area contributed by atoms with E-state index in [1.54, 1.807) is 0 Å². The average molecular weight is 258 g/mol. The summed E-state index contributed by atoms with van der Waals surface area (Å²) >= 11 is 1.89. The van der Waals surface area contributed by atoms with Gasteiger partial charge in [0.2, 0.25) is 0 Å². The molecular formula is C15H18N2S. The lowest BCUT2D eigenvalue weighted by Gasteiger charge is -2.41. The highest BCUT2D eigenvalue weighted by Gasteiger charge is 2.37. The van der Waals surface area contributed by atoms with E-state index >= 15 is 0 Å². The summed E-state index contributed by atoms with van der Waals surface area (Å²) in [7, 11) is 0. The lowest BCUT2D eigenvalue weighted by molar-refractivity contribution is 0.253. The minimum absolute atomic E-state index is 0.276. The van der Waals surface area contributed by atoms with E-state index in [2.05, 4.69) is 18.2 Å². The van der Waals surface area contributed by atoms with Crippen molar-refractivity contribution >= 4 is 21.6 Å². The SMILES string of the molecule is NCC1(c2ccc3nc(C4CC4)sc3c2)CCC1. The minimum Gasteiger partial charge on any atom is -0.330 e. The molecule has 0 atom stereocenters. The molecule has 1 aromatic carbocycles. The second kappa shape index (κ2) is 3.78. The molecule has 2 aliphatic carbocycles. The van der Waals surface area contributed by atoms with Crippen LogP contribution in [0.2, 0.25) is 0 Å². The van der Waals surface area contributed by atoms with Crippen LogP contribution in [-0.2, 0) is 5.41 Å². The van der Waals surface area contributed by atoms with Crippen LogP contribution in [0.4, 0.5) is 0 Å². The van der Waals surface area contributed by atoms with Gasteiger partial charge in [0.25, 0.3) is 0 Å². The van der Waals surface area contributed by atoms with E-state index in [1.807, 2.05) is 11.3 Å². The fraction of sp³-hybridized carbons (Fsp3) is 0.533. The summed E-state index contributed by atoms with van der Waals surface area (Å²) in [5, 5.41) is 1.34. The molecule has 0 bridgehead atoms. The zero-order chi connectivity index (χ0) is 12.2. The Morgan fingerprint density at radius 2 is 2.17 bits per heavy atom. The maximum absolute atomic E-state index is 6.00. The fourth-order valence-electron chi connectivity index (χ4n) is 2.99. The highest BCUT2D eigenvalue weighted by atomic mass is 32.1. The zero-order valence-corrected chi connectivity index (χ0v) is 11.3. The molecule has 2 N–H and O–H groups in total. The number of aromatic nitrogens is 1. The predicted octanol–water partition coefficient (Wildman–Crippen LogP) is 3.55. The number of rotatable bonds is 3. The van der Waals surface area contributed by atoms with E-state index in [0.717, 1.165) is 12.5 Å². The number of nitrogens with two attached hydrogens (primary N) is 1. The van der Waals surface area contributed by atoms with Gasteiger partial charge in [0.05, 0.1) is 15.2 Å². The summed E-state index contributed by atoms with van der Waals surface area (Å²) in [6, 6.07) is 6.80. The number of nitrogens with zero attached hydrogens (tertiary/aromatic N) is 1. The molecule has 2 saturated carbocycles. The van der Waals surface area contributed by atoms with Gasteiger partial charge in [-0.05, 0) is 43.4 Å². The van der Waals surface area contributed by atoms with E-state index < -0.39 is 0 Å². The fourth-order valence-corrected chi connectivity index (χ4v) is 4.17. The molecule has 0 saturated heterocycles. The van der Waals surface area contributed by atoms with Crippen LogP contribution in [-0.4, -0.2) is 11.5 Å². The van der Waals surface area contributed by atoms with Crippen LogP contribution in [0, 0.1) is 0 Å². The molecule has 1 heterocycles. The Balaban J connectivity index is 1.78. The molecule has 1 aromatic heterocycles. The third-order valence-electron chi connectivity index (χ3n) is 4.65. The topological polar surface area (TPSA) is 38.9 Å². The van der Waals surface area contributed by atoms with Crippen molar-refractivity contribution < 1.29 is 0 Å². The average Bonchev–Trinajstić information content (AvgIpc) is 3.09. The molecular weight excluding hydrogens is 240 g/mol. The lowest BCUT2D eigenvalue weighted by Crippen LogP contribution is -2.41. The molecule has 0 radical (unpaired) electrons. The molecule has 2 aromatic rings. The Kier molecular flexibility index (Phi) is 2.30. The van der Waals surface area contributed by atoms with Crippen molar-refractivity contribution in [2.75, 3.05) is 6.54 Å². The van der Waals surface area contributed by atoms with Gasteiger partial charge in [-0.3, -0.25) is 0 Å². The van der Waals surface area contributed by atoms with Gasteiger partial charge in [-0.2, -0.15) is 0 Å². The summed E-state index contributed by atoms with van der Waals surface area (Å²) in [6.07, 6.45) is 6.50. The first-order chi connectivity index (χ1) is 8.81. The first-order valence-electron chi connectivity index (χ1n) is 6.92. The van der Waals surface area contributed by atoms with Gasteiger partial charge in [-0.1, -0.05) is 12.5 Å². The Hall–Kier alpha value is -0.930. The number of benzene rings is 1. The maximum atomic E-state index is 6.00. The van der Waals surface area contributed by atoms with Crippen molar-refractivity contribution in [2.45, 2.75) is 43.4 Å². The number of hydrogen-bond donors (Lipinski definition) is 1. The monoisotopic (exact) mass is 258 g/mol. The zero-order valence-electron chi connectivity index (χ0n) is 10.5. The highest BCUT2D eigenvalue weighted by Crippen LogP contribution is 2.46. The third-order valence-corrected chi connectivity index (χ3v) is 5.83. The van der Waals surface area contributed by atoms with E-state index in [1.165, 1.54) is 52.9 Å². The van der Waals surface area contributed by atoms with Crippen LogP contribution in [0.1, 0.15) is 48.6 Å². The lowest BCUT2D eigenvalue weighted by atomic mass is 9.64.